The smallest absolute Gasteiger partial charge is 0.307 e. The van der Waals surface area contributed by atoms with Gasteiger partial charge in [0.1, 0.15) is 0 Å². The number of hydrogen-bond acceptors (Lipinski definition) is 2. The first-order chi connectivity index (χ1) is 7.99. The SMILES string of the molecule is CC(C)n1[nH]c2ccc(CC(=O)O)cc2c1=O. The Hall–Kier alpha value is -2.04. The van der Waals surface area contributed by atoms with Crippen LogP contribution in [0.25, 0.3) is 10.9 Å². The van der Waals surface area contributed by atoms with Crippen molar-refractivity contribution >= 4 is 16.9 Å². The fraction of sp³-hybridized carbons (Fsp3) is 0.333. The summed E-state index contributed by atoms with van der Waals surface area (Å²) >= 11 is 0. The van der Waals surface area contributed by atoms with E-state index in [1.54, 1.807) is 18.2 Å². The predicted molar refractivity (Wildman–Crippen MR) is 64.3 cm³/mol. The monoisotopic (exact) mass is 234 g/mol. The van der Waals surface area contributed by atoms with Gasteiger partial charge in [-0.2, -0.15) is 0 Å². The van der Waals surface area contributed by atoms with Crippen LogP contribution in [0, 0.1) is 0 Å². The molecule has 2 rings (SSSR count). The molecule has 0 unspecified atom stereocenters. The minimum atomic E-state index is -0.899. The highest BCUT2D eigenvalue weighted by Crippen LogP contribution is 2.13. The molecular weight excluding hydrogens is 220 g/mol. The largest absolute Gasteiger partial charge is 0.481 e. The fourth-order valence-electron chi connectivity index (χ4n) is 1.82. The number of aliphatic carboxylic acids is 1. The minimum absolute atomic E-state index is 0.0535. The van der Waals surface area contributed by atoms with Gasteiger partial charge in [0.15, 0.2) is 0 Å². The van der Waals surface area contributed by atoms with Crippen LogP contribution < -0.4 is 5.56 Å². The number of H-pyrrole nitrogens is 1. The Morgan fingerprint density at radius 1 is 1.47 bits per heavy atom. The molecule has 0 aliphatic carbocycles. The number of rotatable bonds is 3. The number of benzene rings is 1. The van der Waals surface area contributed by atoms with E-state index >= 15 is 0 Å². The second-order valence-electron chi connectivity index (χ2n) is 4.33. The quantitative estimate of drug-likeness (QED) is 0.845. The first-order valence-corrected chi connectivity index (χ1v) is 5.44. The van der Waals surface area contributed by atoms with Crippen molar-refractivity contribution in [1.29, 1.82) is 0 Å². The Kier molecular flexibility index (Phi) is 2.75. The zero-order chi connectivity index (χ0) is 12.6. The molecule has 0 aliphatic rings. The molecule has 17 heavy (non-hydrogen) atoms. The van der Waals surface area contributed by atoms with Gasteiger partial charge in [-0.05, 0) is 31.5 Å². The van der Waals surface area contributed by atoms with E-state index in [-0.39, 0.29) is 18.0 Å². The average Bonchev–Trinajstić information content (AvgIpc) is 2.56. The summed E-state index contributed by atoms with van der Waals surface area (Å²) in [6.07, 6.45) is -0.0672. The van der Waals surface area contributed by atoms with Crippen LogP contribution in [0.15, 0.2) is 23.0 Å². The molecule has 5 nitrogen and oxygen atoms in total. The summed E-state index contributed by atoms with van der Waals surface area (Å²) in [5.41, 5.74) is 1.26. The van der Waals surface area contributed by atoms with Crippen LogP contribution in [0.2, 0.25) is 0 Å². The highest BCUT2D eigenvalue weighted by atomic mass is 16.4. The Balaban J connectivity index is 2.57. The second kappa shape index (κ2) is 4.08. The number of carboxylic acid groups (broad SMARTS) is 1. The third-order valence-corrected chi connectivity index (χ3v) is 2.65. The van der Waals surface area contributed by atoms with Gasteiger partial charge in [-0.3, -0.25) is 14.7 Å². The van der Waals surface area contributed by atoms with Crippen molar-refractivity contribution in [2.24, 2.45) is 0 Å². The van der Waals surface area contributed by atoms with E-state index < -0.39 is 5.97 Å². The van der Waals surface area contributed by atoms with Gasteiger partial charge in [0, 0.05) is 6.04 Å². The van der Waals surface area contributed by atoms with Crippen molar-refractivity contribution < 1.29 is 9.90 Å². The molecule has 0 atom stereocenters. The second-order valence-corrected chi connectivity index (χ2v) is 4.33. The van der Waals surface area contributed by atoms with Crippen LogP contribution in [0.3, 0.4) is 0 Å². The maximum atomic E-state index is 12.0. The maximum absolute atomic E-state index is 12.0. The summed E-state index contributed by atoms with van der Waals surface area (Å²) in [6.45, 7) is 3.82. The van der Waals surface area contributed by atoms with E-state index in [2.05, 4.69) is 5.10 Å². The van der Waals surface area contributed by atoms with Gasteiger partial charge in [0.2, 0.25) is 0 Å². The summed E-state index contributed by atoms with van der Waals surface area (Å²) in [4.78, 5) is 22.6. The summed E-state index contributed by atoms with van der Waals surface area (Å²) in [5.74, 6) is -0.899. The summed E-state index contributed by atoms with van der Waals surface area (Å²) in [7, 11) is 0. The third-order valence-electron chi connectivity index (χ3n) is 2.65. The van der Waals surface area contributed by atoms with E-state index in [4.69, 9.17) is 5.11 Å². The number of carbonyl (C=O) groups is 1. The molecule has 0 fully saturated rings. The topological polar surface area (TPSA) is 75.1 Å². The van der Waals surface area contributed by atoms with Crippen molar-refractivity contribution in [2.75, 3.05) is 0 Å². The van der Waals surface area contributed by atoms with Crippen LogP contribution in [0.5, 0.6) is 0 Å². The Labute approximate surface area is 97.7 Å². The number of nitrogens with one attached hydrogen (secondary N) is 1. The van der Waals surface area contributed by atoms with Crippen molar-refractivity contribution in [2.45, 2.75) is 26.3 Å². The normalized spacial score (nSPS) is 11.2. The van der Waals surface area contributed by atoms with Crippen LogP contribution in [-0.2, 0) is 11.2 Å². The van der Waals surface area contributed by atoms with E-state index in [1.165, 1.54) is 4.68 Å². The van der Waals surface area contributed by atoms with Crippen molar-refractivity contribution in [3.05, 3.63) is 34.1 Å². The zero-order valence-electron chi connectivity index (χ0n) is 9.73. The average molecular weight is 234 g/mol. The molecule has 2 aromatic rings. The molecule has 0 bridgehead atoms. The molecule has 0 aliphatic heterocycles. The van der Waals surface area contributed by atoms with Gasteiger partial charge in [0.05, 0.1) is 17.3 Å². The van der Waals surface area contributed by atoms with Crippen molar-refractivity contribution in [3.63, 3.8) is 0 Å². The Morgan fingerprint density at radius 2 is 2.18 bits per heavy atom. The molecule has 0 radical (unpaired) electrons. The summed E-state index contributed by atoms with van der Waals surface area (Å²) in [5, 5.41) is 12.3. The molecule has 90 valence electrons. The maximum Gasteiger partial charge on any atom is 0.307 e. The number of nitrogens with zero attached hydrogens (tertiary/aromatic N) is 1. The molecule has 0 spiro atoms. The van der Waals surface area contributed by atoms with Gasteiger partial charge >= 0.3 is 5.97 Å². The fourth-order valence-corrected chi connectivity index (χ4v) is 1.82. The van der Waals surface area contributed by atoms with E-state index in [0.717, 1.165) is 5.52 Å². The molecule has 1 aromatic heterocycles. The minimum Gasteiger partial charge on any atom is -0.481 e. The highest BCUT2D eigenvalue weighted by Gasteiger charge is 2.10. The van der Waals surface area contributed by atoms with Crippen LogP contribution in [0.4, 0.5) is 0 Å². The molecule has 0 saturated carbocycles. The van der Waals surface area contributed by atoms with E-state index in [1.807, 2.05) is 13.8 Å². The molecule has 0 amide bonds. The van der Waals surface area contributed by atoms with Gasteiger partial charge < -0.3 is 5.11 Å². The number of aromatic nitrogens is 2. The third kappa shape index (κ3) is 2.08. The van der Waals surface area contributed by atoms with Crippen LogP contribution in [0.1, 0.15) is 25.5 Å². The van der Waals surface area contributed by atoms with Crippen molar-refractivity contribution in [3.8, 4) is 0 Å². The first kappa shape index (κ1) is 11.4. The van der Waals surface area contributed by atoms with Gasteiger partial charge in [-0.15, -0.1) is 0 Å². The molecule has 1 heterocycles. The Morgan fingerprint density at radius 3 is 2.76 bits per heavy atom. The van der Waals surface area contributed by atoms with Gasteiger partial charge in [-0.1, -0.05) is 6.07 Å². The lowest BCUT2D eigenvalue weighted by atomic mass is 10.1. The molecule has 1 aromatic carbocycles. The zero-order valence-corrected chi connectivity index (χ0v) is 9.73. The summed E-state index contributed by atoms with van der Waals surface area (Å²) in [6, 6.07) is 5.16. The molecular formula is C12H14N2O3. The van der Waals surface area contributed by atoms with Crippen molar-refractivity contribution in [1.82, 2.24) is 9.78 Å². The number of carboxylic acids is 1. The lowest BCUT2D eigenvalue weighted by molar-refractivity contribution is -0.136. The lowest BCUT2D eigenvalue weighted by Gasteiger charge is -2.03. The molecule has 5 heteroatoms. The molecule has 0 saturated heterocycles. The number of fused-ring (bicyclic) bond motifs is 1. The van der Waals surface area contributed by atoms with E-state index in [0.29, 0.717) is 10.9 Å². The highest BCUT2D eigenvalue weighted by molar-refractivity contribution is 5.80. The van der Waals surface area contributed by atoms with Gasteiger partial charge in [-0.25, -0.2) is 4.68 Å². The number of aromatic amines is 1. The molecule has 2 N–H and O–H groups in total. The Bertz CT molecular complexity index is 622. The van der Waals surface area contributed by atoms with Gasteiger partial charge in [0.25, 0.3) is 5.56 Å². The number of hydrogen-bond donors (Lipinski definition) is 2. The predicted octanol–water partition coefficient (Wildman–Crippen LogP) is 1.54. The lowest BCUT2D eigenvalue weighted by Crippen LogP contribution is -2.18. The summed E-state index contributed by atoms with van der Waals surface area (Å²) < 4.78 is 1.54. The standard InChI is InChI=1S/C12H14N2O3/c1-7(2)14-12(17)9-5-8(6-11(15)16)3-4-10(9)13-14/h3-5,7,13H,6H2,1-2H3,(H,15,16). The first-order valence-electron chi connectivity index (χ1n) is 5.44. The van der Waals surface area contributed by atoms with Crippen LogP contribution >= 0.6 is 0 Å². The van der Waals surface area contributed by atoms with Crippen LogP contribution in [-0.4, -0.2) is 20.9 Å². The van der Waals surface area contributed by atoms with E-state index in [9.17, 15) is 9.59 Å².